The Morgan fingerprint density at radius 3 is 2.54 bits per heavy atom. The summed E-state index contributed by atoms with van der Waals surface area (Å²) in [4.78, 5) is 24.2. The molecule has 0 aliphatic carbocycles. The molecule has 28 heavy (non-hydrogen) atoms. The molecule has 6 heteroatoms. The number of hydrazine groups is 1. The molecule has 0 fully saturated rings. The fraction of sp³-hybridized carbons (Fsp3) is 0.364. The average Bonchev–Trinajstić information content (AvgIpc) is 2.74. The van der Waals surface area contributed by atoms with Gasteiger partial charge in [-0.1, -0.05) is 45.0 Å². The lowest BCUT2D eigenvalue weighted by molar-refractivity contribution is -0.123. The number of nitrogens with one attached hydrogen (secondary N) is 2. The minimum atomic E-state index is -0.439. The van der Waals surface area contributed by atoms with Crippen LogP contribution in [0, 0.1) is 0 Å². The molecule has 0 aromatic heterocycles. The van der Waals surface area contributed by atoms with E-state index in [1.807, 2.05) is 31.2 Å². The van der Waals surface area contributed by atoms with E-state index >= 15 is 0 Å². The lowest BCUT2D eigenvalue weighted by atomic mass is 9.98. The molecule has 0 heterocycles. The van der Waals surface area contributed by atoms with E-state index in [9.17, 15) is 9.59 Å². The Balaban J connectivity index is 1.85. The molecule has 2 rings (SSSR count). The molecule has 2 N–H and O–H groups in total. The van der Waals surface area contributed by atoms with Gasteiger partial charge in [0.2, 0.25) is 0 Å². The Labute approximate surface area is 166 Å². The summed E-state index contributed by atoms with van der Waals surface area (Å²) in [5, 5.41) is 0. The second kappa shape index (κ2) is 11.0. The van der Waals surface area contributed by atoms with Crippen LogP contribution < -0.4 is 20.3 Å². The molecule has 2 amide bonds. The Morgan fingerprint density at radius 2 is 1.79 bits per heavy atom. The fourth-order valence-electron chi connectivity index (χ4n) is 2.56. The van der Waals surface area contributed by atoms with Crippen molar-refractivity contribution in [1.29, 1.82) is 0 Å². The number of carbonyl (C=O) groups is 2. The molecule has 0 saturated carbocycles. The summed E-state index contributed by atoms with van der Waals surface area (Å²) < 4.78 is 11.2. The van der Waals surface area contributed by atoms with Crippen molar-refractivity contribution in [3.8, 4) is 11.5 Å². The summed E-state index contributed by atoms with van der Waals surface area (Å²) in [5.41, 5.74) is 6.23. The van der Waals surface area contributed by atoms with Crippen LogP contribution >= 0.6 is 0 Å². The first-order valence-electron chi connectivity index (χ1n) is 9.58. The summed E-state index contributed by atoms with van der Waals surface area (Å²) in [5.74, 6) is 0.770. The van der Waals surface area contributed by atoms with Crippen LogP contribution in [0.2, 0.25) is 0 Å². The molecule has 0 saturated heterocycles. The van der Waals surface area contributed by atoms with Crippen LogP contribution in [0.25, 0.3) is 0 Å². The first kappa shape index (κ1) is 21.3. The van der Waals surface area contributed by atoms with Crippen LogP contribution in [0.15, 0.2) is 48.5 Å². The smallest absolute Gasteiger partial charge is 0.276 e. The Bertz CT molecular complexity index is 792. The molecule has 0 aliphatic heterocycles. The number of amides is 2. The summed E-state index contributed by atoms with van der Waals surface area (Å²) in [7, 11) is 0. The topological polar surface area (TPSA) is 76.7 Å². The van der Waals surface area contributed by atoms with Crippen molar-refractivity contribution in [2.45, 2.75) is 39.5 Å². The van der Waals surface area contributed by atoms with Gasteiger partial charge in [-0.15, -0.1) is 0 Å². The monoisotopic (exact) mass is 384 g/mol. The Kier molecular flexibility index (Phi) is 8.34. The molecule has 6 nitrogen and oxygen atoms in total. The number of hydrogen-bond acceptors (Lipinski definition) is 4. The quantitative estimate of drug-likeness (QED) is 0.644. The maximum Gasteiger partial charge on any atom is 0.276 e. The molecule has 1 unspecified atom stereocenters. The van der Waals surface area contributed by atoms with Crippen molar-refractivity contribution in [1.82, 2.24) is 10.9 Å². The van der Waals surface area contributed by atoms with Gasteiger partial charge < -0.3 is 9.47 Å². The summed E-state index contributed by atoms with van der Waals surface area (Å²) >= 11 is 0. The predicted molar refractivity (Wildman–Crippen MR) is 108 cm³/mol. The highest BCUT2D eigenvalue weighted by Crippen LogP contribution is 2.28. The van der Waals surface area contributed by atoms with Gasteiger partial charge in [-0.2, -0.15) is 0 Å². The predicted octanol–water partition coefficient (Wildman–Crippen LogP) is 3.83. The molecule has 0 radical (unpaired) electrons. The summed E-state index contributed by atoms with van der Waals surface area (Å²) in [6.45, 7) is 6.62. The van der Waals surface area contributed by atoms with Gasteiger partial charge in [0, 0.05) is 5.56 Å². The largest absolute Gasteiger partial charge is 0.494 e. The SMILES string of the molecule is CCCOc1cccc(C(=O)NNC(=O)COc2ccccc2C(C)CC)c1. The standard InChI is InChI=1S/C22H28N2O4/c1-4-13-27-18-10-8-9-17(14-18)22(26)24-23-21(25)15-28-20-12-7-6-11-19(20)16(3)5-2/h6-12,14,16H,4-5,13,15H2,1-3H3,(H,23,25)(H,24,26). The van der Waals surface area contributed by atoms with Gasteiger partial charge in [0.1, 0.15) is 11.5 Å². The first-order valence-corrected chi connectivity index (χ1v) is 9.58. The lowest BCUT2D eigenvalue weighted by Crippen LogP contribution is -2.43. The number of rotatable bonds is 9. The maximum absolute atomic E-state index is 12.2. The van der Waals surface area contributed by atoms with E-state index in [1.54, 1.807) is 24.3 Å². The second-order valence-electron chi connectivity index (χ2n) is 6.51. The van der Waals surface area contributed by atoms with Gasteiger partial charge in [-0.3, -0.25) is 20.4 Å². The third-order valence-corrected chi connectivity index (χ3v) is 4.31. The Morgan fingerprint density at radius 1 is 1.00 bits per heavy atom. The fourth-order valence-corrected chi connectivity index (χ4v) is 2.56. The third-order valence-electron chi connectivity index (χ3n) is 4.31. The van der Waals surface area contributed by atoms with E-state index in [0.717, 1.165) is 18.4 Å². The van der Waals surface area contributed by atoms with Crippen molar-refractivity contribution < 1.29 is 19.1 Å². The van der Waals surface area contributed by atoms with Crippen LogP contribution in [0.4, 0.5) is 0 Å². The van der Waals surface area contributed by atoms with Crippen molar-refractivity contribution in [3.63, 3.8) is 0 Å². The van der Waals surface area contributed by atoms with E-state index in [2.05, 4.69) is 24.7 Å². The molecule has 2 aromatic carbocycles. The lowest BCUT2D eigenvalue weighted by Gasteiger charge is -2.15. The first-order chi connectivity index (χ1) is 13.5. The molecule has 1 atom stereocenters. The number of hydrogen-bond donors (Lipinski definition) is 2. The van der Waals surface area contributed by atoms with Gasteiger partial charge in [-0.05, 0) is 48.6 Å². The highest BCUT2D eigenvalue weighted by molar-refractivity contribution is 5.95. The van der Waals surface area contributed by atoms with E-state index in [0.29, 0.717) is 29.6 Å². The molecular formula is C22H28N2O4. The van der Waals surface area contributed by atoms with Crippen molar-refractivity contribution in [3.05, 3.63) is 59.7 Å². The number of benzene rings is 2. The van der Waals surface area contributed by atoms with E-state index in [-0.39, 0.29) is 6.61 Å². The number of carbonyl (C=O) groups excluding carboxylic acids is 2. The summed E-state index contributed by atoms with van der Waals surface area (Å²) in [6, 6.07) is 14.5. The van der Waals surface area contributed by atoms with Crippen molar-refractivity contribution in [2.24, 2.45) is 0 Å². The molecule has 0 spiro atoms. The second-order valence-corrected chi connectivity index (χ2v) is 6.51. The van der Waals surface area contributed by atoms with Crippen LogP contribution in [0.5, 0.6) is 11.5 Å². The van der Waals surface area contributed by atoms with Crippen LogP contribution in [0.3, 0.4) is 0 Å². The highest BCUT2D eigenvalue weighted by atomic mass is 16.5. The minimum Gasteiger partial charge on any atom is -0.494 e. The van der Waals surface area contributed by atoms with Gasteiger partial charge in [-0.25, -0.2) is 0 Å². The van der Waals surface area contributed by atoms with E-state index in [1.165, 1.54) is 0 Å². The van der Waals surface area contributed by atoms with Gasteiger partial charge in [0.15, 0.2) is 6.61 Å². The van der Waals surface area contributed by atoms with Crippen LogP contribution in [-0.2, 0) is 4.79 Å². The highest BCUT2D eigenvalue weighted by Gasteiger charge is 2.12. The van der Waals surface area contributed by atoms with Gasteiger partial charge in [0.25, 0.3) is 11.8 Å². The molecule has 150 valence electrons. The zero-order valence-corrected chi connectivity index (χ0v) is 16.7. The molecule has 2 aromatic rings. The van der Waals surface area contributed by atoms with Crippen LogP contribution in [0.1, 0.15) is 55.5 Å². The summed E-state index contributed by atoms with van der Waals surface area (Å²) in [6.07, 6.45) is 1.86. The third kappa shape index (κ3) is 6.30. The normalized spacial score (nSPS) is 11.4. The van der Waals surface area contributed by atoms with E-state index in [4.69, 9.17) is 9.47 Å². The number of ether oxygens (including phenoxy) is 2. The van der Waals surface area contributed by atoms with Gasteiger partial charge >= 0.3 is 0 Å². The van der Waals surface area contributed by atoms with Gasteiger partial charge in [0.05, 0.1) is 6.61 Å². The number of para-hydroxylation sites is 1. The van der Waals surface area contributed by atoms with Crippen LogP contribution in [-0.4, -0.2) is 25.0 Å². The molecule has 0 bridgehead atoms. The Hall–Kier alpha value is -3.02. The molecule has 0 aliphatic rings. The maximum atomic E-state index is 12.2. The van der Waals surface area contributed by atoms with Crippen molar-refractivity contribution in [2.75, 3.05) is 13.2 Å². The molecular weight excluding hydrogens is 356 g/mol. The minimum absolute atomic E-state index is 0.187. The van der Waals surface area contributed by atoms with E-state index < -0.39 is 11.8 Å². The van der Waals surface area contributed by atoms with Crippen molar-refractivity contribution >= 4 is 11.8 Å². The zero-order chi connectivity index (χ0) is 20.4. The zero-order valence-electron chi connectivity index (χ0n) is 16.7. The average molecular weight is 384 g/mol.